The Kier molecular flexibility index (Phi) is 5.59. The van der Waals surface area contributed by atoms with E-state index in [1.165, 1.54) is 11.9 Å². The number of nitrogens with zero attached hydrogens (tertiary/aromatic N) is 1. The molecule has 0 aliphatic heterocycles. The van der Waals surface area contributed by atoms with E-state index in [1.54, 1.807) is 31.2 Å². The minimum atomic E-state index is -1.90. The van der Waals surface area contributed by atoms with Gasteiger partial charge in [-0.15, -0.1) is 0 Å². The van der Waals surface area contributed by atoms with Gasteiger partial charge in [0, 0.05) is 13.5 Å². The van der Waals surface area contributed by atoms with Crippen LogP contribution < -0.4 is 5.43 Å². The van der Waals surface area contributed by atoms with E-state index in [4.69, 9.17) is 0 Å². The Morgan fingerprint density at radius 3 is 1.68 bits per heavy atom. The van der Waals surface area contributed by atoms with Crippen molar-refractivity contribution in [1.29, 1.82) is 0 Å². The summed E-state index contributed by atoms with van der Waals surface area (Å²) in [5, 5.41) is 12.6. The molecular formula is C20H24N2O3. The van der Waals surface area contributed by atoms with Crippen molar-refractivity contribution in [3.05, 3.63) is 70.8 Å². The number of aliphatic hydroxyl groups is 1. The van der Waals surface area contributed by atoms with E-state index in [9.17, 15) is 14.7 Å². The number of rotatable bonds is 4. The molecule has 0 saturated heterocycles. The number of amides is 2. The molecule has 2 rings (SSSR count). The molecule has 0 aromatic heterocycles. The van der Waals surface area contributed by atoms with Crippen LogP contribution in [0.3, 0.4) is 0 Å². The summed E-state index contributed by atoms with van der Waals surface area (Å²) in [5.41, 5.74) is 3.56. The summed E-state index contributed by atoms with van der Waals surface area (Å²) in [4.78, 5) is 24.6. The Morgan fingerprint density at radius 1 is 0.960 bits per heavy atom. The summed E-state index contributed by atoms with van der Waals surface area (Å²) in [6, 6.07) is 14.2. The Bertz CT molecular complexity index is 706. The second kappa shape index (κ2) is 7.49. The summed E-state index contributed by atoms with van der Waals surface area (Å²) in [6.07, 6.45) is 0. The summed E-state index contributed by atoms with van der Waals surface area (Å²) >= 11 is 0. The fourth-order valence-corrected chi connectivity index (χ4v) is 2.60. The molecule has 0 aliphatic carbocycles. The van der Waals surface area contributed by atoms with Crippen molar-refractivity contribution >= 4 is 11.8 Å². The molecule has 0 bridgehead atoms. The predicted octanol–water partition coefficient (Wildman–Crippen LogP) is 2.44. The third-order valence-corrected chi connectivity index (χ3v) is 4.20. The van der Waals surface area contributed by atoms with Crippen LogP contribution in [0.2, 0.25) is 0 Å². The first-order valence-electron chi connectivity index (χ1n) is 8.25. The van der Waals surface area contributed by atoms with Crippen LogP contribution in [0.5, 0.6) is 0 Å². The van der Waals surface area contributed by atoms with Crippen molar-refractivity contribution in [2.75, 3.05) is 6.54 Å². The number of hydrazine groups is 1. The smallest absolute Gasteiger partial charge is 0.279 e. The maximum absolute atomic E-state index is 13.0. The molecule has 5 heteroatoms. The van der Waals surface area contributed by atoms with Crippen molar-refractivity contribution in [3.8, 4) is 0 Å². The molecule has 132 valence electrons. The summed E-state index contributed by atoms with van der Waals surface area (Å²) < 4.78 is 0. The van der Waals surface area contributed by atoms with Crippen LogP contribution in [0.15, 0.2) is 48.5 Å². The van der Waals surface area contributed by atoms with Crippen LogP contribution in [0.1, 0.15) is 36.1 Å². The molecule has 0 fully saturated rings. The predicted molar refractivity (Wildman–Crippen MR) is 96.6 cm³/mol. The average molecular weight is 340 g/mol. The topological polar surface area (TPSA) is 69.6 Å². The normalized spacial score (nSPS) is 11.1. The van der Waals surface area contributed by atoms with Gasteiger partial charge in [0.05, 0.1) is 0 Å². The average Bonchev–Trinajstić information content (AvgIpc) is 2.59. The van der Waals surface area contributed by atoms with E-state index >= 15 is 0 Å². The molecule has 0 aliphatic rings. The highest BCUT2D eigenvalue weighted by molar-refractivity contribution is 5.91. The molecule has 0 atom stereocenters. The molecular weight excluding hydrogens is 316 g/mol. The lowest BCUT2D eigenvalue weighted by molar-refractivity contribution is -0.148. The maximum atomic E-state index is 13.0. The maximum Gasteiger partial charge on any atom is 0.279 e. The second-order valence-corrected chi connectivity index (χ2v) is 6.15. The van der Waals surface area contributed by atoms with Gasteiger partial charge in [0.2, 0.25) is 5.91 Å². The zero-order valence-corrected chi connectivity index (χ0v) is 15.0. The fraction of sp³-hybridized carbons (Fsp3) is 0.300. The Balaban J connectivity index is 2.51. The minimum Gasteiger partial charge on any atom is -0.372 e. The Labute approximate surface area is 148 Å². The number of carbonyl (C=O) groups is 2. The number of aryl methyl sites for hydroxylation is 2. The van der Waals surface area contributed by atoms with Gasteiger partial charge in [0.1, 0.15) is 0 Å². The van der Waals surface area contributed by atoms with Crippen molar-refractivity contribution in [3.63, 3.8) is 0 Å². The van der Waals surface area contributed by atoms with Gasteiger partial charge in [0.25, 0.3) is 5.91 Å². The lowest BCUT2D eigenvalue weighted by Crippen LogP contribution is -2.53. The highest BCUT2D eigenvalue weighted by Gasteiger charge is 2.41. The van der Waals surface area contributed by atoms with E-state index in [2.05, 4.69) is 5.43 Å². The fourth-order valence-electron chi connectivity index (χ4n) is 2.60. The van der Waals surface area contributed by atoms with Crippen LogP contribution in [-0.2, 0) is 15.2 Å². The van der Waals surface area contributed by atoms with Crippen LogP contribution >= 0.6 is 0 Å². The van der Waals surface area contributed by atoms with Gasteiger partial charge in [0.15, 0.2) is 5.60 Å². The van der Waals surface area contributed by atoms with Gasteiger partial charge in [-0.05, 0) is 31.9 Å². The quantitative estimate of drug-likeness (QED) is 0.840. The number of benzene rings is 2. The van der Waals surface area contributed by atoms with E-state index < -0.39 is 11.5 Å². The summed E-state index contributed by atoms with van der Waals surface area (Å²) in [6.45, 7) is 7.28. The molecule has 0 spiro atoms. The third kappa shape index (κ3) is 3.88. The molecule has 2 aromatic carbocycles. The van der Waals surface area contributed by atoms with Crippen molar-refractivity contribution in [1.82, 2.24) is 10.4 Å². The number of nitrogens with one attached hydrogen (secondary N) is 1. The SMILES string of the molecule is CCN(NC(=O)C(O)(c1ccc(C)cc1)c1ccc(C)cc1)C(C)=O. The van der Waals surface area contributed by atoms with E-state index in [1.807, 2.05) is 38.1 Å². The van der Waals surface area contributed by atoms with E-state index in [0.29, 0.717) is 17.7 Å². The third-order valence-electron chi connectivity index (χ3n) is 4.20. The van der Waals surface area contributed by atoms with Crippen molar-refractivity contribution in [2.45, 2.75) is 33.3 Å². The monoisotopic (exact) mass is 340 g/mol. The standard InChI is InChI=1S/C20H24N2O3/c1-5-22(16(4)23)21-19(24)20(25,17-10-6-14(2)7-11-17)18-12-8-15(3)9-13-18/h6-13,25H,5H2,1-4H3,(H,21,24). The van der Waals surface area contributed by atoms with Gasteiger partial charge in [-0.25, -0.2) is 0 Å². The molecule has 0 unspecified atom stereocenters. The first-order chi connectivity index (χ1) is 11.8. The Morgan fingerprint density at radius 2 is 1.36 bits per heavy atom. The lowest BCUT2D eigenvalue weighted by atomic mass is 9.85. The molecule has 0 radical (unpaired) electrons. The lowest BCUT2D eigenvalue weighted by Gasteiger charge is -2.31. The zero-order valence-electron chi connectivity index (χ0n) is 15.0. The van der Waals surface area contributed by atoms with Gasteiger partial charge >= 0.3 is 0 Å². The molecule has 0 saturated carbocycles. The number of hydrogen-bond donors (Lipinski definition) is 2. The van der Waals surface area contributed by atoms with Crippen molar-refractivity contribution in [2.24, 2.45) is 0 Å². The van der Waals surface area contributed by atoms with Gasteiger partial charge in [-0.2, -0.15) is 0 Å². The Hall–Kier alpha value is -2.66. The van der Waals surface area contributed by atoms with E-state index in [0.717, 1.165) is 11.1 Å². The minimum absolute atomic E-state index is 0.300. The van der Waals surface area contributed by atoms with Crippen molar-refractivity contribution < 1.29 is 14.7 Å². The first kappa shape index (κ1) is 18.7. The number of carbonyl (C=O) groups excluding carboxylic acids is 2. The highest BCUT2D eigenvalue weighted by atomic mass is 16.3. The molecule has 2 N–H and O–H groups in total. The first-order valence-corrected chi connectivity index (χ1v) is 8.25. The summed E-state index contributed by atoms with van der Waals surface area (Å²) in [5.74, 6) is -0.969. The highest BCUT2D eigenvalue weighted by Crippen LogP contribution is 2.30. The van der Waals surface area contributed by atoms with Gasteiger partial charge in [-0.3, -0.25) is 20.0 Å². The van der Waals surface area contributed by atoms with Gasteiger partial charge < -0.3 is 5.11 Å². The largest absolute Gasteiger partial charge is 0.372 e. The molecule has 25 heavy (non-hydrogen) atoms. The second-order valence-electron chi connectivity index (χ2n) is 6.15. The molecule has 0 heterocycles. The van der Waals surface area contributed by atoms with Crippen LogP contribution in [0, 0.1) is 13.8 Å². The number of hydrogen-bond acceptors (Lipinski definition) is 3. The summed E-state index contributed by atoms with van der Waals surface area (Å²) in [7, 11) is 0. The zero-order chi connectivity index (χ0) is 18.6. The molecule has 2 aromatic rings. The van der Waals surface area contributed by atoms with E-state index in [-0.39, 0.29) is 5.91 Å². The molecule has 2 amide bonds. The molecule has 5 nitrogen and oxygen atoms in total. The van der Waals surface area contributed by atoms with Crippen LogP contribution in [0.4, 0.5) is 0 Å². The van der Waals surface area contributed by atoms with Crippen LogP contribution in [0.25, 0.3) is 0 Å². The van der Waals surface area contributed by atoms with Gasteiger partial charge in [-0.1, -0.05) is 59.7 Å². The van der Waals surface area contributed by atoms with Crippen LogP contribution in [-0.4, -0.2) is 28.5 Å².